The van der Waals surface area contributed by atoms with Crippen molar-refractivity contribution in [2.75, 3.05) is 0 Å². The van der Waals surface area contributed by atoms with Gasteiger partial charge < -0.3 is 9.67 Å². The summed E-state index contributed by atoms with van der Waals surface area (Å²) in [5, 5.41) is 13.4. The van der Waals surface area contributed by atoms with Crippen LogP contribution in [0.4, 0.5) is 0 Å². The molecule has 0 aliphatic heterocycles. The first-order valence-electron chi connectivity index (χ1n) is 8.59. The van der Waals surface area contributed by atoms with Gasteiger partial charge in [-0.05, 0) is 56.3 Å². The van der Waals surface area contributed by atoms with E-state index < -0.39 is 5.97 Å². The van der Waals surface area contributed by atoms with Crippen LogP contribution in [0.3, 0.4) is 0 Å². The molecule has 2 aromatic carbocycles. The van der Waals surface area contributed by atoms with Gasteiger partial charge in [0.2, 0.25) is 0 Å². The van der Waals surface area contributed by atoms with Crippen LogP contribution < -0.4 is 5.43 Å². The van der Waals surface area contributed by atoms with Gasteiger partial charge in [-0.3, -0.25) is 4.79 Å². The quantitative estimate of drug-likeness (QED) is 0.404. The molecule has 3 aromatic rings. The zero-order valence-corrected chi connectivity index (χ0v) is 18.0. The number of carbonyl (C=O) groups excluding carboxylic acids is 1. The molecule has 6 nitrogen and oxygen atoms in total. The number of nitrogens with zero attached hydrogens (tertiary/aromatic N) is 2. The average molecular weight is 475 g/mol. The maximum atomic E-state index is 12.2. The van der Waals surface area contributed by atoms with Gasteiger partial charge in [-0.1, -0.05) is 33.6 Å². The van der Waals surface area contributed by atoms with E-state index in [4.69, 9.17) is 16.7 Å². The minimum absolute atomic E-state index is 0.0509. The van der Waals surface area contributed by atoms with E-state index in [1.807, 2.05) is 30.5 Å². The van der Waals surface area contributed by atoms with Gasteiger partial charge >= 0.3 is 5.97 Å². The molecule has 0 atom stereocenters. The number of carboxylic acids is 1. The Labute approximate surface area is 180 Å². The van der Waals surface area contributed by atoms with Gasteiger partial charge in [0.25, 0.3) is 5.91 Å². The molecule has 0 fully saturated rings. The Morgan fingerprint density at radius 3 is 2.59 bits per heavy atom. The Morgan fingerprint density at radius 2 is 1.93 bits per heavy atom. The number of amides is 1. The number of hydrazone groups is 1. The molecule has 1 amide bonds. The fourth-order valence-corrected chi connectivity index (χ4v) is 3.64. The van der Waals surface area contributed by atoms with Crippen LogP contribution in [0.5, 0.6) is 0 Å². The van der Waals surface area contributed by atoms with E-state index in [9.17, 15) is 9.59 Å². The van der Waals surface area contributed by atoms with Crippen molar-refractivity contribution in [2.24, 2.45) is 5.10 Å². The standard InChI is InChI=1S/C21H17BrClN3O3/c1-12-8-15(11-24-25-20(27)14-4-3-5-16(22)9-14)13(2)26(12)17-6-7-18(21(28)29)19(23)10-17/h3-11H,1-2H3,(H,25,27)(H,28,29)/b24-11-. The first-order chi connectivity index (χ1) is 13.8. The summed E-state index contributed by atoms with van der Waals surface area (Å²) >= 11 is 9.43. The number of carbonyl (C=O) groups is 2. The van der Waals surface area contributed by atoms with Crippen molar-refractivity contribution in [1.82, 2.24) is 9.99 Å². The zero-order valence-electron chi connectivity index (χ0n) is 15.6. The number of aryl methyl sites for hydroxylation is 1. The van der Waals surface area contributed by atoms with E-state index in [1.165, 1.54) is 6.07 Å². The highest BCUT2D eigenvalue weighted by atomic mass is 79.9. The number of aromatic carboxylic acids is 1. The number of nitrogens with one attached hydrogen (secondary N) is 1. The van der Waals surface area contributed by atoms with Crippen LogP contribution in [0.15, 0.2) is 58.1 Å². The van der Waals surface area contributed by atoms with Gasteiger partial charge in [0.1, 0.15) is 0 Å². The SMILES string of the molecule is Cc1cc(/C=N\NC(=O)c2cccc(Br)c2)c(C)n1-c1ccc(C(=O)O)c(Cl)c1. The third-order valence-electron chi connectivity index (χ3n) is 4.37. The van der Waals surface area contributed by atoms with Gasteiger partial charge in [0, 0.05) is 32.7 Å². The van der Waals surface area contributed by atoms with Crippen LogP contribution in [0, 0.1) is 13.8 Å². The van der Waals surface area contributed by atoms with Crippen LogP contribution in [0.2, 0.25) is 5.02 Å². The minimum atomic E-state index is -1.07. The lowest BCUT2D eigenvalue weighted by molar-refractivity contribution is 0.0697. The second-order valence-corrected chi connectivity index (χ2v) is 7.66. The maximum Gasteiger partial charge on any atom is 0.337 e. The van der Waals surface area contributed by atoms with Crippen molar-refractivity contribution in [2.45, 2.75) is 13.8 Å². The molecule has 3 rings (SSSR count). The predicted molar refractivity (Wildman–Crippen MR) is 116 cm³/mol. The molecule has 0 saturated carbocycles. The summed E-state index contributed by atoms with van der Waals surface area (Å²) in [7, 11) is 0. The molecular weight excluding hydrogens is 458 g/mol. The summed E-state index contributed by atoms with van der Waals surface area (Å²) in [4.78, 5) is 23.3. The molecule has 0 aliphatic rings. The average Bonchev–Trinajstić information content (AvgIpc) is 2.94. The molecule has 0 radical (unpaired) electrons. The number of carboxylic acid groups (broad SMARTS) is 1. The van der Waals surface area contributed by atoms with E-state index in [1.54, 1.807) is 36.5 Å². The monoisotopic (exact) mass is 473 g/mol. The summed E-state index contributed by atoms with van der Waals surface area (Å²) in [5.74, 6) is -1.39. The van der Waals surface area contributed by atoms with Gasteiger partial charge in [0.05, 0.1) is 16.8 Å². The van der Waals surface area contributed by atoms with Crippen LogP contribution in [-0.4, -0.2) is 27.8 Å². The summed E-state index contributed by atoms with van der Waals surface area (Å²) in [6, 6.07) is 13.7. The number of hydrogen-bond acceptors (Lipinski definition) is 3. The van der Waals surface area contributed by atoms with Crippen molar-refractivity contribution in [1.29, 1.82) is 0 Å². The second kappa shape index (κ2) is 8.63. The molecule has 1 heterocycles. The molecule has 0 saturated heterocycles. The molecule has 0 unspecified atom stereocenters. The fraction of sp³-hybridized carbons (Fsp3) is 0.0952. The maximum absolute atomic E-state index is 12.2. The molecule has 0 bridgehead atoms. The molecule has 29 heavy (non-hydrogen) atoms. The molecular formula is C21H17BrClN3O3. The molecule has 148 valence electrons. The Balaban J connectivity index is 1.82. The van der Waals surface area contributed by atoms with Crippen LogP contribution in [0.25, 0.3) is 5.69 Å². The third kappa shape index (κ3) is 4.58. The van der Waals surface area contributed by atoms with Crippen molar-refractivity contribution in [3.05, 3.63) is 86.1 Å². The molecule has 8 heteroatoms. The lowest BCUT2D eigenvalue weighted by atomic mass is 10.2. The van der Waals surface area contributed by atoms with Crippen LogP contribution in [-0.2, 0) is 0 Å². The Hall–Kier alpha value is -2.90. The summed E-state index contributed by atoms with van der Waals surface area (Å²) in [6.07, 6.45) is 1.57. The predicted octanol–water partition coefficient (Wildman–Crippen LogP) is 4.97. The summed E-state index contributed by atoms with van der Waals surface area (Å²) in [6.45, 7) is 3.83. The number of hydrogen-bond donors (Lipinski definition) is 2. The first-order valence-corrected chi connectivity index (χ1v) is 9.76. The van der Waals surface area contributed by atoms with E-state index in [0.29, 0.717) is 5.56 Å². The van der Waals surface area contributed by atoms with Crippen molar-refractivity contribution in [3.8, 4) is 5.69 Å². The highest BCUT2D eigenvalue weighted by Crippen LogP contribution is 2.25. The number of aromatic nitrogens is 1. The van der Waals surface area contributed by atoms with Gasteiger partial charge in [0.15, 0.2) is 0 Å². The van der Waals surface area contributed by atoms with Crippen molar-refractivity contribution >= 4 is 45.6 Å². The third-order valence-corrected chi connectivity index (χ3v) is 5.17. The highest BCUT2D eigenvalue weighted by Gasteiger charge is 2.14. The van der Waals surface area contributed by atoms with Crippen LogP contribution in [0.1, 0.15) is 37.7 Å². The molecule has 1 aromatic heterocycles. The normalized spacial score (nSPS) is 11.0. The summed E-state index contributed by atoms with van der Waals surface area (Å²) < 4.78 is 2.75. The lowest BCUT2D eigenvalue weighted by Crippen LogP contribution is -2.17. The van der Waals surface area contributed by atoms with E-state index in [0.717, 1.165) is 27.1 Å². The van der Waals surface area contributed by atoms with E-state index in [-0.39, 0.29) is 16.5 Å². The minimum Gasteiger partial charge on any atom is -0.478 e. The van der Waals surface area contributed by atoms with Crippen LogP contribution >= 0.6 is 27.5 Å². The Bertz CT molecular complexity index is 1140. The molecule has 0 spiro atoms. The number of halogens is 2. The largest absolute Gasteiger partial charge is 0.478 e. The van der Waals surface area contributed by atoms with Gasteiger partial charge in [-0.15, -0.1) is 0 Å². The van der Waals surface area contributed by atoms with Gasteiger partial charge in [-0.25, -0.2) is 10.2 Å². The first kappa shape index (κ1) is 20.8. The van der Waals surface area contributed by atoms with E-state index in [2.05, 4.69) is 26.5 Å². The zero-order chi connectivity index (χ0) is 21.1. The Kier molecular flexibility index (Phi) is 6.20. The topological polar surface area (TPSA) is 83.7 Å². The van der Waals surface area contributed by atoms with Gasteiger partial charge in [-0.2, -0.15) is 5.10 Å². The number of benzene rings is 2. The number of rotatable bonds is 5. The Morgan fingerprint density at radius 1 is 1.17 bits per heavy atom. The second-order valence-electron chi connectivity index (χ2n) is 6.34. The van der Waals surface area contributed by atoms with E-state index >= 15 is 0 Å². The molecule has 2 N–H and O–H groups in total. The fourth-order valence-electron chi connectivity index (χ4n) is 2.99. The smallest absolute Gasteiger partial charge is 0.337 e. The summed E-state index contributed by atoms with van der Waals surface area (Å²) in [5.41, 5.74) is 6.41. The lowest BCUT2D eigenvalue weighted by Gasteiger charge is -2.11. The molecule has 0 aliphatic carbocycles. The van der Waals surface area contributed by atoms with Crippen molar-refractivity contribution in [3.63, 3.8) is 0 Å². The highest BCUT2D eigenvalue weighted by molar-refractivity contribution is 9.10. The van der Waals surface area contributed by atoms with Crippen molar-refractivity contribution < 1.29 is 14.7 Å².